The van der Waals surface area contributed by atoms with E-state index in [0.717, 1.165) is 34.9 Å². The average molecular weight is 765 g/mol. The largest absolute Gasteiger partial charge is 0.487 e. The first-order chi connectivity index (χ1) is 17.2. The summed E-state index contributed by atoms with van der Waals surface area (Å²) in [6.07, 6.45) is 1.64. The van der Waals surface area contributed by atoms with Gasteiger partial charge in [0.2, 0.25) is 5.91 Å². The van der Waals surface area contributed by atoms with Gasteiger partial charge in [-0.25, -0.2) is 0 Å². The van der Waals surface area contributed by atoms with E-state index in [1.165, 1.54) is 0 Å². The van der Waals surface area contributed by atoms with Crippen molar-refractivity contribution in [1.82, 2.24) is 4.90 Å². The highest BCUT2D eigenvalue weighted by molar-refractivity contribution is 14.1. The van der Waals surface area contributed by atoms with Crippen LogP contribution in [0.1, 0.15) is 11.1 Å². The molecule has 3 amide bonds. The van der Waals surface area contributed by atoms with Gasteiger partial charge in [0.25, 0.3) is 11.1 Å². The number of nitrogens with zero attached hydrogens (tertiary/aromatic N) is 1. The zero-order valence-electron chi connectivity index (χ0n) is 18.3. The molecule has 1 aliphatic rings. The number of rotatable bonds is 7. The van der Waals surface area contributed by atoms with Crippen LogP contribution >= 0.6 is 80.1 Å². The highest BCUT2D eigenvalue weighted by atomic mass is 127. The van der Waals surface area contributed by atoms with Crippen molar-refractivity contribution in [2.45, 2.75) is 6.61 Å². The van der Waals surface area contributed by atoms with Crippen LogP contribution in [0.5, 0.6) is 5.75 Å². The Morgan fingerprint density at radius 3 is 2.31 bits per heavy atom. The van der Waals surface area contributed by atoms with E-state index < -0.39 is 23.6 Å². The van der Waals surface area contributed by atoms with E-state index in [2.05, 4.69) is 50.5 Å². The molecule has 0 bridgehead atoms. The van der Waals surface area contributed by atoms with Crippen LogP contribution in [0.2, 0.25) is 10.0 Å². The number of carbonyl (C=O) groups is 3. The number of hydrogen-bond acceptors (Lipinski definition) is 5. The van der Waals surface area contributed by atoms with E-state index >= 15 is 0 Å². The molecule has 1 aliphatic heterocycles. The molecule has 0 radical (unpaired) electrons. The molecule has 0 spiro atoms. The summed E-state index contributed by atoms with van der Waals surface area (Å²) < 4.78 is 7.69. The molecule has 184 valence electrons. The molecular formula is C25H16Cl2I2N2O4S. The lowest BCUT2D eigenvalue weighted by molar-refractivity contribution is -0.127. The number of thioether (sulfide) groups is 1. The molecule has 1 fully saturated rings. The van der Waals surface area contributed by atoms with Crippen molar-refractivity contribution >= 4 is 109 Å². The third-order valence-electron chi connectivity index (χ3n) is 4.97. The molecule has 3 aromatic rings. The zero-order chi connectivity index (χ0) is 25.8. The summed E-state index contributed by atoms with van der Waals surface area (Å²) in [5.41, 5.74) is 2.02. The first-order valence-electron chi connectivity index (χ1n) is 10.4. The Morgan fingerprint density at radius 1 is 1.00 bits per heavy atom. The molecule has 11 heteroatoms. The molecule has 3 aromatic carbocycles. The van der Waals surface area contributed by atoms with Crippen LogP contribution in [-0.2, 0) is 16.2 Å². The summed E-state index contributed by atoms with van der Waals surface area (Å²) in [7, 11) is 0. The number of imide groups is 1. The Morgan fingerprint density at radius 2 is 1.64 bits per heavy atom. The third-order valence-corrected chi connectivity index (χ3v) is 8.18. The van der Waals surface area contributed by atoms with Crippen molar-refractivity contribution in [2.75, 3.05) is 11.9 Å². The number of carbonyl (C=O) groups excluding carboxylic acids is 3. The summed E-state index contributed by atoms with van der Waals surface area (Å²) in [5, 5.41) is 3.11. The summed E-state index contributed by atoms with van der Waals surface area (Å²) in [6.45, 7) is -0.0860. The SMILES string of the molecule is O=C(CN1C(=O)S/C(=C/c2cc(I)c(OCc3ccccc3Cl)c(I)c2)C1=O)Nc1ccccc1Cl. The summed E-state index contributed by atoms with van der Waals surface area (Å²) in [4.78, 5) is 38.9. The monoisotopic (exact) mass is 764 g/mol. The molecular weight excluding hydrogens is 749 g/mol. The van der Waals surface area contributed by atoms with Crippen LogP contribution in [0.15, 0.2) is 65.6 Å². The van der Waals surface area contributed by atoms with Crippen molar-refractivity contribution < 1.29 is 19.1 Å². The molecule has 0 unspecified atom stereocenters. The lowest BCUT2D eigenvalue weighted by atomic mass is 10.2. The Kier molecular flexibility index (Phi) is 9.20. The smallest absolute Gasteiger partial charge is 0.294 e. The highest BCUT2D eigenvalue weighted by Crippen LogP contribution is 2.35. The number of nitrogens with one attached hydrogen (secondary N) is 1. The van der Waals surface area contributed by atoms with Gasteiger partial charge in [-0.05, 0) is 98.9 Å². The molecule has 1 saturated heterocycles. The van der Waals surface area contributed by atoms with Gasteiger partial charge in [-0.1, -0.05) is 53.5 Å². The van der Waals surface area contributed by atoms with Crippen molar-refractivity contribution in [3.63, 3.8) is 0 Å². The Labute approximate surface area is 249 Å². The van der Waals surface area contributed by atoms with Gasteiger partial charge >= 0.3 is 0 Å². The van der Waals surface area contributed by atoms with Gasteiger partial charge in [0.1, 0.15) is 18.9 Å². The zero-order valence-corrected chi connectivity index (χ0v) is 24.9. The maximum Gasteiger partial charge on any atom is 0.294 e. The lowest BCUT2D eigenvalue weighted by Gasteiger charge is -2.13. The fraction of sp³-hybridized carbons (Fsp3) is 0.0800. The van der Waals surface area contributed by atoms with Gasteiger partial charge in [-0.3, -0.25) is 19.3 Å². The number of ether oxygens (including phenoxy) is 1. The van der Waals surface area contributed by atoms with Crippen LogP contribution < -0.4 is 10.1 Å². The highest BCUT2D eigenvalue weighted by Gasteiger charge is 2.36. The molecule has 36 heavy (non-hydrogen) atoms. The fourth-order valence-corrected chi connectivity index (χ4v) is 6.59. The van der Waals surface area contributed by atoms with Gasteiger partial charge in [-0.2, -0.15) is 0 Å². The molecule has 1 N–H and O–H groups in total. The summed E-state index contributed by atoms with van der Waals surface area (Å²) >= 11 is 17.4. The van der Waals surface area contributed by atoms with Crippen molar-refractivity contribution in [3.8, 4) is 5.75 Å². The minimum atomic E-state index is -0.525. The molecule has 0 atom stereocenters. The number of halogens is 4. The normalized spacial score (nSPS) is 14.4. The van der Waals surface area contributed by atoms with Crippen LogP contribution in [0.4, 0.5) is 10.5 Å². The molecule has 6 nitrogen and oxygen atoms in total. The standard InChI is InChI=1S/C25H16Cl2I2N2O4S/c26-16-6-2-1-5-15(16)13-35-23-18(28)9-14(10-19(23)29)11-21-24(33)31(25(34)36-21)12-22(32)30-20-8-4-3-7-17(20)27/h1-11H,12-13H2,(H,30,32)/b21-11+. The van der Waals surface area contributed by atoms with E-state index in [0.29, 0.717) is 28.1 Å². The van der Waals surface area contributed by atoms with Crippen LogP contribution in [0, 0.1) is 7.14 Å². The first-order valence-corrected chi connectivity index (χ1v) is 14.1. The van der Waals surface area contributed by atoms with Gasteiger partial charge in [-0.15, -0.1) is 0 Å². The molecule has 1 heterocycles. The van der Waals surface area contributed by atoms with E-state index in [1.54, 1.807) is 30.3 Å². The molecule has 0 aliphatic carbocycles. The Balaban J connectivity index is 1.45. The van der Waals surface area contributed by atoms with Crippen LogP contribution in [-0.4, -0.2) is 28.5 Å². The molecule has 4 rings (SSSR count). The van der Waals surface area contributed by atoms with E-state index in [1.807, 2.05) is 36.4 Å². The summed E-state index contributed by atoms with van der Waals surface area (Å²) in [5.74, 6) is -0.336. The first kappa shape index (κ1) is 27.2. The third kappa shape index (κ3) is 6.55. The molecule has 0 saturated carbocycles. The Hall–Kier alpha value is -1.80. The number of hydrogen-bond donors (Lipinski definition) is 1. The summed E-state index contributed by atoms with van der Waals surface area (Å²) in [6, 6.07) is 17.9. The lowest BCUT2D eigenvalue weighted by Crippen LogP contribution is -2.36. The van der Waals surface area contributed by atoms with Crippen LogP contribution in [0.3, 0.4) is 0 Å². The Bertz CT molecular complexity index is 1380. The second-order valence-electron chi connectivity index (χ2n) is 7.49. The number of para-hydroxylation sites is 1. The predicted molar refractivity (Wildman–Crippen MR) is 160 cm³/mol. The fourth-order valence-electron chi connectivity index (χ4n) is 3.25. The van der Waals surface area contributed by atoms with E-state index in [9.17, 15) is 14.4 Å². The second-order valence-corrected chi connectivity index (χ2v) is 11.6. The number of amides is 3. The van der Waals surface area contributed by atoms with Gasteiger partial charge in [0, 0.05) is 10.6 Å². The van der Waals surface area contributed by atoms with Gasteiger partial charge in [0.05, 0.1) is 22.8 Å². The van der Waals surface area contributed by atoms with Crippen molar-refractivity contribution in [2.24, 2.45) is 0 Å². The topological polar surface area (TPSA) is 75.7 Å². The number of benzene rings is 3. The van der Waals surface area contributed by atoms with Crippen molar-refractivity contribution in [1.29, 1.82) is 0 Å². The van der Waals surface area contributed by atoms with E-state index in [4.69, 9.17) is 27.9 Å². The van der Waals surface area contributed by atoms with Crippen molar-refractivity contribution in [3.05, 3.63) is 93.9 Å². The van der Waals surface area contributed by atoms with E-state index in [-0.39, 0.29) is 4.91 Å². The minimum absolute atomic E-state index is 0.238. The maximum absolute atomic E-state index is 12.9. The van der Waals surface area contributed by atoms with Gasteiger partial charge in [0.15, 0.2) is 0 Å². The molecule has 0 aromatic heterocycles. The quantitative estimate of drug-likeness (QED) is 0.200. The predicted octanol–water partition coefficient (Wildman–Crippen LogP) is 7.46. The minimum Gasteiger partial charge on any atom is -0.487 e. The van der Waals surface area contributed by atoms with Gasteiger partial charge < -0.3 is 10.1 Å². The maximum atomic E-state index is 12.9. The number of anilines is 1. The average Bonchev–Trinajstić information content (AvgIpc) is 3.08. The second kappa shape index (κ2) is 12.2. The van der Waals surface area contributed by atoms with Crippen LogP contribution in [0.25, 0.3) is 6.08 Å².